The molecule has 3 aromatic carbocycles. The summed E-state index contributed by atoms with van der Waals surface area (Å²) in [6.07, 6.45) is 1.50. The van der Waals surface area contributed by atoms with E-state index in [0.29, 0.717) is 22.7 Å². The summed E-state index contributed by atoms with van der Waals surface area (Å²) in [5.41, 5.74) is 2.99. The van der Waals surface area contributed by atoms with Crippen LogP contribution in [0.2, 0.25) is 0 Å². The zero-order valence-corrected chi connectivity index (χ0v) is 19.5. The Kier molecular flexibility index (Phi) is 7.40. The Morgan fingerprint density at radius 1 is 0.861 bits per heavy atom. The van der Waals surface area contributed by atoms with E-state index in [0.717, 1.165) is 10.5 Å². The van der Waals surface area contributed by atoms with Gasteiger partial charge in [-0.2, -0.15) is 0 Å². The zero-order valence-electron chi connectivity index (χ0n) is 19.5. The number of aryl methyl sites for hydroxylation is 1. The zero-order chi connectivity index (χ0) is 25.5. The molecule has 3 N–H and O–H groups in total. The van der Waals surface area contributed by atoms with Gasteiger partial charge in [0.05, 0.1) is 0 Å². The van der Waals surface area contributed by atoms with Gasteiger partial charge < -0.3 is 20.7 Å². The van der Waals surface area contributed by atoms with E-state index in [-0.39, 0.29) is 18.2 Å². The van der Waals surface area contributed by atoms with Crippen molar-refractivity contribution in [2.24, 2.45) is 0 Å². The van der Waals surface area contributed by atoms with Gasteiger partial charge in [0.1, 0.15) is 18.0 Å². The maximum Gasteiger partial charge on any atom is 0.329 e. The largest absolute Gasteiger partial charge is 0.484 e. The van der Waals surface area contributed by atoms with Crippen LogP contribution >= 0.6 is 0 Å². The van der Waals surface area contributed by atoms with Crippen molar-refractivity contribution in [3.05, 3.63) is 95.7 Å². The quantitative estimate of drug-likeness (QED) is 0.334. The number of para-hydroxylation sites is 1. The minimum atomic E-state index is -0.672. The predicted octanol–water partition coefficient (Wildman–Crippen LogP) is 3.54. The highest BCUT2D eigenvalue weighted by Gasteiger charge is 2.34. The lowest BCUT2D eigenvalue weighted by Gasteiger charge is -2.12. The van der Waals surface area contributed by atoms with Crippen LogP contribution in [0.5, 0.6) is 5.75 Å². The van der Waals surface area contributed by atoms with E-state index < -0.39 is 24.4 Å². The number of anilines is 2. The molecule has 9 heteroatoms. The van der Waals surface area contributed by atoms with Crippen molar-refractivity contribution >= 4 is 41.2 Å². The van der Waals surface area contributed by atoms with Gasteiger partial charge in [-0.15, -0.1) is 0 Å². The number of rotatable bonds is 8. The summed E-state index contributed by atoms with van der Waals surface area (Å²) in [7, 11) is 0. The number of imide groups is 1. The molecule has 0 saturated carbocycles. The molecule has 0 aliphatic carbocycles. The average Bonchev–Trinajstić information content (AvgIpc) is 3.13. The van der Waals surface area contributed by atoms with E-state index in [4.69, 9.17) is 4.74 Å². The summed E-state index contributed by atoms with van der Waals surface area (Å²) in [6.45, 7) is 1.36. The number of urea groups is 1. The van der Waals surface area contributed by atoms with Gasteiger partial charge in [0.15, 0.2) is 6.61 Å². The Morgan fingerprint density at radius 2 is 1.50 bits per heavy atom. The third-order valence-electron chi connectivity index (χ3n) is 5.22. The molecule has 1 fully saturated rings. The summed E-state index contributed by atoms with van der Waals surface area (Å²) in [5, 5.41) is 7.89. The summed E-state index contributed by atoms with van der Waals surface area (Å²) >= 11 is 0. The molecule has 0 bridgehead atoms. The van der Waals surface area contributed by atoms with Crippen molar-refractivity contribution in [1.82, 2.24) is 10.2 Å². The second-order valence-electron chi connectivity index (χ2n) is 8.07. The van der Waals surface area contributed by atoms with Gasteiger partial charge in [0.25, 0.3) is 11.8 Å². The van der Waals surface area contributed by atoms with Crippen LogP contribution in [0, 0.1) is 6.92 Å². The van der Waals surface area contributed by atoms with Crippen molar-refractivity contribution < 1.29 is 23.9 Å². The molecule has 3 aromatic rings. The number of hydrogen-bond donors (Lipinski definition) is 3. The monoisotopic (exact) mass is 484 g/mol. The van der Waals surface area contributed by atoms with E-state index in [1.54, 1.807) is 48.5 Å². The van der Waals surface area contributed by atoms with Crippen LogP contribution in [-0.2, 0) is 14.4 Å². The first-order chi connectivity index (χ1) is 17.4. The fourth-order valence-corrected chi connectivity index (χ4v) is 3.39. The van der Waals surface area contributed by atoms with Crippen LogP contribution in [0.4, 0.5) is 16.2 Å². The average molecular weight is 485 g/mol. The Hall–Kier alpha value is -4.92. The third-order valence-corrected chi connectivity index (χ3v) is 5.22. The molecule has 5 amide bonds. The molecule has 4 rings (SSSR count). The minimum absolute atomic E-state index is 0.0547. The highest BCUT2D eigenvalue weighted by molar-refractivity contribution is 6.15. The Morgan fingerprint density at radius 3 is 2.19 bits per heavy atom. The van der Waals surface area contributed by atoms with Crippen molar-refractivity contribution in [1.29, 1.82) is 0 Å². The number of hydrogen-bond acceptors (Lipinski definition) is 5. The second kappa shape index (κ2) is 11.0. The van der Waals surface area contributed by atoms with Gasteiger partial charge >= 0.3 is 6.03 Å². The highest BCUT2D eigenvalue weighted by Crippen LogP contribution is 2.18. The molecular weight excluding hydrogens is 460 g/mol. The van der Waals surface area contributed by atoms with E-state index in [2.05, 4.69) is 16.0 Å². The molecular formula is C27H24N4O5. The molecule has 0 radical (unpaired) electrons. The van der Waals surface area contributed by atoms with Crippen LogP contribution in [-0.4, -0.2) is 41.8 Å². The van der Waals surface area contributed by atoms with Crippen molar-refractivity contribution in [3.8, 4) is 5.75 Å². The second-order valence-corrected chi connectivity index (χ2v) is 8.07. The third kappa shape index (κ3) is 6.35. The number of amides is 5. The number of nitrogens with one attached hydrogen (secondary N) is 3. The van der Waals surface area contributed by atoms with E-state index in [1.165, 1.54) is 6.08 Å². The highest BCUT2D eigenvalue weighted by atomic mass is 16.5. The summed E-state index contributed by atoms with van der Waals surface area (Å²) < 4.78 is 5.50. The van der Waals surface area contributed by atoms with Crippen LogP contribution in [0.1, 0.15) is 11.1 Å². The predicted molar refractivity (Wildman–Crippen MR) is 135 cm³/mol. The lowest BCUT2D eigenvalue weighted by atomic mass is 10.2. The van der Waals surface area contributed by atoms with Gasteiger partial charge in [-0.3, -0.25) is 14.4 Å². The fraction of sp³-hybridized carbons (Fsp3) is 0.111. The molecule has 0 aromatic heterocycles. The summed E-state index contributed by atoms with van der Waals surface area (Å²) in [6, 6.07) is 22.2. The Bertz CT molecular complexity index is 1300. The topological polar surface area (TPSA) is 117 Å². The number of nitrogens with zero attached hydrogens (tertiary/aromatic N) is 1. The first-order valence-electron chi connectivity index (χ1n) is 11.2. The molecule has 1 saturated heterocycles. The van der Waals surface area contributed by atoms with Crippen LogP contribution in [0.25, 0.3) is 6.08 Å². The number of benzene rings is 3. The molecule has 9 nitrogen and oxygen atoms in total. The van der Waals surface area contributed by atoms with Gasteiger partial charge in [0, 0.05) is 11.4 Å². The van der Waals surface area contributed by atoms with Gasteiger partial charge in [-0.05, 0) is 55.0 Å². The minimum Gasteiger partial charge on any atom is -0.484 e. The SMILES string of the molecule is Cc1ccc(NC(=O)CN2C(=O)N/C(=C/c3ccc(OCC(=O)Nc4ccccc4)cc3)C2=O)cc1. The smallest absolute Gasteiger partial charge is 0.329 e. The molecule has 0 spiro atoms. The first-order valence-corrected chi connectivity index (χ1v) is 11.2. The van der Waals surface area contributed by atoms with Gasteiger partial charge in [-0.1, -0.05) is 48.0 Å². The standard InChI is InChI=1S/C27H24N4O5/c1-18-7-11-21(12-8-18)28-24(32)16-31-26(34)23(30-27(31)35)15-19-9-13-22(14-10-19)36-17-25(33)29-20-5-3-2-4-6-20/h2-15H,16-17H2,1H3,(H,28,32)(H,29,33)(H,30,35)/b23-15+. The molecule has 0 unspecified atom stereocenters. The van der Waals surface area contributed by atoms with E-state index in [9.17, 15) is 19.2 Å². The van der Waals surface area contributed by atoms with Gasteiger partial charge in [-0.25, -0.2) is 9.69 Å². The number of ether oxygens (including phenoxy) is 1. The van der Waals surface area contributed by atoms with E-state index >= 15 is 0 Å². The van der Waals surface area contributed by atoms with Crippen LogP contribution in [0.3, 0.4) is 0 Å². The molecule has 36 heavy (non-hydrogen) atoms. The van der Waals surface area contributed by atoms with Crippen molar-refractivity contribution in [3.63, 3.8) is 0 Å². The first kappa shape index (κ1) is 24.2. The molecule has 0 atom stereocenters. The normalized spacial score (nSPS) is 13.9. The molecule has 182 valence electrons. The number of carbonyl (C=O) groups is 4. The van der Waals surface area contributed by atoms with E-state index in [1.807, 2.05) is 37.3 Å². The molecule has 1 aliphatic rings. The van der Waals surface area contributed by atoms with Crippen LogP contribution in [0.15, 0.2) is 84.6 Å². The van der Waals surface area contributed by atoms with Crippen molar-refractivity contribution in [2.75, 3.05) is 23.8 Å². The lowest BCUT2D eigenvalue weighted by molar-refractivity contribution is -0.127. The fourth-order valence-electron chi connectivity index (χ4n) is 3.39. The van der Waals surface area contributed by atoms with Crippen LogP contribution < -0.4 is 20.7 Å². The number of carbonyl (C=O) groups excluding carboxylic acids is 4. The summed E-state index contributed by atoms with van der Waals surface area (Å²) in [4.78, 5) is 50.1. The lowest BCUT2D eigenvalue weighted by Crippen LogP contribution is -2.38. The maximum absolute atomic E-state index is 12.7. The van der Waals surface area contributed by atoms with Crippen molar-refractivity contribution in [2.45, 2.75) is 6.92 Å². The Balaban J connectivity index is 1.30. The van der Waals surface area contributed by atoms with Gasteiger partial charge in [0.2, 0.25) is 5.91 Å². The maximum atomic E-state index is 12.7. The summed E-state index contributed by atoms with van der Waals surface area (Å²) in [5.74, 6) is -0.909. The Labute approximate surface area is 207 Å². The molecule has 1 heterocycles. The molecule has 1 aliphatic heterocycles.